The molecule has 0 bridgehead atoms. The predicted octanol–water partition coefficient (Wildman–Crippen LogP) is 3.42. The van der Waals surface area contributed by atoms with Crippen LogP contribution in [-0.2, 0) is 0 Å². The van der Waals surface area contributed by atoms with E-state index in [4.69, 9.17) is 5.11 Å². The van der Waals surface area contributed by atoms with E-state index in [9.17, 15) is 0 Å². The van der Waals surface area contributed by atoms with Gasteiger partial charge in [-0.3, -0.25) is 0 Å². The molecule has 0 spiro atoms. The SMILES string of the molecule is C/C(=C\C(Br)C/C(C)=C/CO)CBr. The van der Waals surface area contributed by atoms with Crippen LogP contribution in [0.2, 0.25) is 0 Å². The van der Waals surface area contributed by atoms with Gasteiger partial charge in [-0.2, -0.15) is 0 Å². The first-order valence-electron chi connectivity index (χ1n) is 4.24. The molecule has 0 saturated carbocycles. The van der Waals surface area contributed by atoms with Crippen molar-refractivity contribution in [3.05, 3.63) is 23.3 Å². The molecule has 13 heavy (non-hydrogen) atoms. The number of halogens is 2. The highest BCUT2D eigenvalue weighted by Crippen LogP contribution is 2.16. The molecule has 1 nitrogen and oxygen atoms in total. The van der Waals surface area contributed by atoms with E-state index in [1.807, 2.05) is 13.0 Å². The smallest absolute Gasteiger partial charge is 0.0614 e. The maximum atomic E-state index is 8.66. The summed E-state index contributed by atoms with van der Waals surface area (Å²) in [5.74, 6) is 0. The maximum absolute atomic E-state index is 8.66. The third-order valence-electron chi connectivity index (χ3n) is 1.63. The van der Waals surface area contributed by atoms with Crippen molar-refractivity contribution in [1.29, 1.82) is 0 Å². The van der Waals surface area contributed by atoms with Crippen molar-refractivity contribution >= 4 is 31.9 Å². The fourth-order valence-corrected chi connectivity index (χ4v) is 2.11. The van der Waals surface area contributed by atoms with Gasteiger partial charge < -0.3 is 5.11 Å². The van der Waals surface area contributed by atoms with Crippen LogP contribution in [0.15, 0.2) is 23.3 Å². The second-order valence-corrected chi connectivity index (χ2v) is 4.84. The third kappa shape index (κ3) is 7.47. The molecule has 0 aromatic rings. The third-order valence-corrected chi connectivity index (χ3v) is 3.11. The molecule has 1 unspecified atom stereocenters. The van der Waals surface area contributed by atoms with Gasteiger partial charge in [0.15, 0.2) is 0 Å². The lowest BCUT2D eigenvalue weighted by Gasteiger charge is -2.06. The van der Waals surface area contributed by atoms with Gasteiger partial charge in [0.25, 0.3) is 0 Å². The van der Waals surface area contributed by atoms with Gasteiger partial charge in [0.05, 0.1) is 6.61 Å². The summed E-state index contributed by atoms with van der Waals surface area (Å²) in [5.41, 5.74) is 2.53. The molecule has 0 fully saturated rings. The second-order valence-electron chi connectivity index (χ2n) is 3.10. The Hall–Kier alpha value is 0.400. The molecule has 0 aromatic heterocycles. The number of allylic oxidation sites excluding steroid dienone is 3. The molecular formula is C10H16Br2O. The second kappa shape index (κ2) is 7.77. The summed E-state index contributed by atoms with van der Waals surface area (Å²) in [6, 6.07) is 0. The highest BCUT2D eigenvalue weighted by molar-refractivity contribution is 9.09. The summed E-state index contributed by atoms with van der Waals surface area (Å²) in [4.78, 5) is 0.368. The molecule has 0 heterocycles. The Morgan fingerprint density at radius 1 is 1.38 bits per heavy atom. The molecule has 3 heteroatoms. The standard InChI is InChI=1S/C10H16Br2O/c1-8(3-4-13)5-10(12)6-9(2)7-11/h3,6,10,13H,4-5,7H2,1-2H3/b8-3+,9-6+. The van der Waals surface area contributed by atoms with Gasteiger partial charge in [0, 0.05) is 10.2 Å². The van der Waals surface area contributed by atoms with Crippen molar-refractivity contribution in [2.24, 2.45) is 0 Å². The summed E-state index contributed by atoms with van der Waals surface area (Å²) in [5, 5.41) is 9.58. The van der Waals surface area contributed by atoms with Crippen LogP contribution in [0, 0.1) is 0 Å². The van der Waals surface area contributed by atoms with Crippen molar-refractivity contribution in [3.8, 4) is 0 Å². The zero-order valence-corrected chi connectivity index (χ0v) is 11.2. The predicted molar refractivity (Wildman–Crippen MR) is 65.7 cm³/mol. The fourth-order valence-electron chi connectivity index (χ4n) is 0.959. The molecule has 1 atom stereocenters. The monoisotopic (exact) mass is 310 g/mol. The van der Waals surface area contributed by atoms with Crippen LogP contribution in [0.3, 0.4) is 0 Å². The Morgan fingerprint density at radius 3 is 2.46 bits per heavy atom. The molecule has 76 valence electrons. The van der Waals surface area contributed by atoms with Crippen molar-refractivity contribution in [2.75, 3.05) is 11.9 Å². The summed E-state index contributed by atoms with van der Waals surface area (Å²) in [6.07, 6.45) is 4.97. The van der Waals surface area contributed by atoms with Crippen molar-refractivity contribution < 1.29 is 5.11 Å². The minimum absolute atomic E-state index is 0.132. The summed E-state index contributed by atoms with van der Waals surface area (Å²) >= 11 is 6.97. The van der Waals surface area contributed by atoms with E-state index in [1.54, 1.807) is 0 Å². The van der Waals surface area contributed by atoms with Crippen LogP contribution < -0.4 is 0 Å². The number of aliphatic hydroxyl groups excluding tert-OH is 1. The van der Waals surface area contributed by atoms with Crippen LogP contribution in [0.1, 0.15) is 20.3 Å². The van der Waals surface area contributed by atoms with Crippen LogP contribution in [0.25, 0.3) is 0 Å². The molecular weight excluding hydrogens is 296 g/mol. The van der Waals surface area contributed by atoms with Gasteiger partial charge >= 0.3 is 0 Å². The number of hydrogen-bond donors (Lipinski definition) is 1. The summed E-state index contributed by atoms with van der Waals surface area (Å²) < 4.78 is 0. The van der Waals surface area contributed by atoms with E-state index in [0.29, 0.717) is 4.83 Å². The maximum Gasteiger partial charge on any atom is 0.0614 e. The topological polar surface area (TPSA) is 20.2 Å². The Bertz CT molecular complexity index is 197. The van der Waals surface area contributed by atoms with Crippen LogP contribution >= 0.6 is 31.9 Å². The van der Waals surface area contributed by atoms with Crippen LogP contribution in [0.4, 0.5) is 0 Å². The van der Waals surface area contributed by atoms with Gasteiger partial charge in [-0.1, -0.05) is 55.2 Å². The van der Waals surface area contributed by atoms with E-state index in [0.717, 1.165) is 11.8 Å². The van der Waals surface area contributed by atoms with Crippen LogP contribution in [0.5, 0.6) is 0 Å². The lowest BCUT2D eigenvalue weighted by Crippen LogP contribution is -1.96. The van der Waals surface area contributed by atoms with E-state index in [1.165, 1.54) is 11.1 Å². The quantitative estimate of drug-likeness (QED) is 0.609. The molecule has 0 rings (SSSR count). The minimum atomic E-state index is 0.132. The summed E-state index contributed by atoms with van der Waals surface area (Å²) in [7, 11) is 0. The lowest BCUT2D eigenvalue weighted by molar-refractivity contribution is 0.341. The summed E-state index contributed by atoms with van der Waals surface area (Å²) in [6.45, 7) is 4.25. The van der Waals surface area contributed by atoms with E-state index < -0.39 is 0 Å². The van der Waals surface area contributed by atoms with E-state index >= 15 is 0 Å². The zero-order chi connectivity index (χ0) is 10.3. The first-order chi connectivity index (χ1) is 6.10. The van der Waals surface area contributed by atoms with Crippen molar-refractivity contribution in [2.45, 2.75) is 25.1 Å². The Kier molecular flexibility index (Phi) is 8.01. The lowest BCUT2D eigenvalue weighted by atomic mass is 10.1. The molecule has 1 N–H and O–H groups in total. The largest absolute Gasteiger partial charge is 0.392 e. The molecule has 0 radical (unpaired) electrons. The average Bonchev–Trinajstić information content (AvgIpc) is 2.04. The molecule has 0 saturated heterocycles. The first-order valence-corrected chi connectivity index (χ1v) is 6.27. The minimum Gasteiger partial charge on any atom is -0.392 e. The zero-order valence-electron chi connectivity index (χ0n) is 8.06. The Labute approximate surface area is 97.2 Å². The van der Waals surface area contributed by atoms with Gasteiger partial charge in [0.1, 0.15) is 0 Å². The average molecular weight is 312 g/mol. The number of hydrogen-bond acceptors (Lipinski definition) is 1. The van der Waals surface area contributed by atoms with Crippen LogP contribution in [-0.4, -0.2) is 21.9 Å². The normalized spacial score (nSPS) is 16.1. The Balaban J connectivity index is 4.00. The molecule has 0 aromatic carbocycles. The number of alkyl halides is 2. The molecule has 0 aliphatic heterocycles. The van der Waals surface area contributed by atoms with E-state index in [2.05, 4.69) is 44.9 Å². The molecule has 0 aliphatic rings. The fraction of sp³-hybridized carbons (Fsp3) is 0.600. The number of rotatable bonds is 5. The Morgan fingerprint density at radius 2 is 2.00 bits per heavy atom. The van der Waals surface area contributed by atoms with Gasteiger partial charge in [0.2, 0.25) is 0 Å². The first kappa shape index (κ1) is 13.4. The van der Waals surface area contributed by atoms with Gasteiger partial charge in [-0.15, -0.1) is 0 Å². The molecule has 0 amide bonds. The van der Waals surface area contributed by atoms with E-state index in [-0.39, 0.29) is 6.61 Å². The van der Waals surface area contributed by atoms with Crippen molar-refractivity contribution in [1.82, 2.24) is 0 Å². The highest BCUT2D eigenvalue weighted by Gasteiger charge is 2.01. The molecule has 0 aliphatic carbocycles. The van der Waals surface area contributed by atoms with Gasteiger partial charge in [-0.25, -0.2) is 0 Å². The number of aliphatic hydroxyl groups is 1. The van der Waals surface area contributed by atoms with Gasteiger partial charge in [-0.05, 0) is 20.3 Å². The van der Waals surface area contributed by atoms with Crippen molar-refractivity contribution in [3.63, 3.8) is 0 Å². The highest BCUT2D eigenvalue weighted by atomic mass is 79.9.